The van der Waals surface area contributed by atoms with Crippen molar-refractivity contribution in [1.29, 1.82) is 0 Å². The maximum atomic E-state index is 5.85. The first kappa shape index (κ1) is 8.27. The molecule has 3 N–H and O–H groups in total. The van der Waals surface area contributed by atoms with Crippen molar-refractivity contribution in [3.63, 3.8) is 0 Å². The van der Waals surface area contributed by atoms with E-state index in [1.807, 2.05) is 6.20 Å². The summed E-state index contributed by atoms with van der Waals surface area (Å²) in [6.07, 6.45) is 4.41. The fraction of sp³-hybridized carbons (Fsp3) is 0.625. The first-order valence-electron chi connectivity index (χ1n) is 3.94. The Balaban J connectivity index is 2.43. The van der Waals surface area contributed by atoms with Crippen LogP contribution in [0.4, 0.5) is 0 Å². The zero-order chi connectivity index (χ0) is 8.27. The number of nitrogens with zero attached hydrogens (tertiary/aromatic N) is 1. The van der Waals surface area contributed by atoms with Crippen LogP contribution in [0.5, 0.6) is 0 Å². The number of aromatic amines is 1. The third kappa shape index (κ3) is 2.35. The van der Waals surface area contributed by atoms with Crippen molar-refractivity contribution in [2.45, 2.75) is 26.3 Å². The highest BCUT2D eigenvalue weighted by molar-refractivity contribution is 4.90. The van der Waals surface area contributed by atoms with E-state index in [0.717, 1.165) is 12.2 Å². The van der Waals surface area contributed by atoms with Crippen LogP contribution >= 0.6 is 0 Å². The molecule has 0 amide bonds. The average Bonchev–Trinajstić information content (AvgIpc) is 2.39. The lowest BCUT2D eigenvalue weighted by molar-refractivity contribution is 0.483. The standard InChI is InChI=1S/C8H15N3/c1-6(2)7(9)5-8-10-3-4-11-8/h3-4,6-7H,5,9H2,1-2H3,(H,10,11). The first-order valence-corrected chi connectivity index (χ1v) is 3.94. The number of nitrogens with one attached hydrogen (secondary N) is 1. The highest BCUT2D eigenvalue weighted by atomic mass is 14.9. The number of nitrogens with two attached hydrogens (primary N) is 1. The molecule has 0 aliphatic carbocycles. The average molecular weight is 153 g/mol. The van der Waals surface area contributed by atoms with E-state index in [1.165, 1.54) is 0 Å². The quantitative estimate of drug-likeness (QED) is 0.679. The molecule has 62 valence electrons. The van der Waals surface area contributed by atoms with Gasteiger partial charge in [0.25, 0.3) is 0 Å². The van der Waals surface area contributed by atoms with Crippen molar-refractivity contribution in [1.82, 2.24) is 9.97 Å². The van der Waals surface area contributed by atoms with Crippen molar-refractivity contribution in [2.24, 2.45) is 11.7 Å². The van der Waals surface area contributed by atoms with Gasteiger partial charge in [0.1, 0.15) is 5.82 Å². The van der Waals surface area contributed by atoms with Crippen LogP contribution in [0, 0.1) is 5.92 Å². The molecule has 0 bridgehead atoms. The number of hydrogen-bond donors (Lipinski definition) is 2. The molecule has 1 aromatic heterocycles. The second kappa shape index (κ2) is 3.53. The van der Waals surface area contributed by atoms with Gasteiger partial charge in [-0.05, 0) is 5.92 Å². The van der Waals surface area contributed by atoms with Crippen molar-refractivity contribution in [3.8, 4) is 0 Å². The Bertz CT molecular complexity index is 191. The van der Waals surface area contributed by atoms with E-state index >= 15 is 0 Å². The number of rotatable bonds is 3. The van der Waals surface area contributed by atoms with Gasteiger partial charge in [-0.15, -0.1) is 0 Å². The summed E-state index contributed by atoms with van der Waals surface area (Å²) >= 11 is 0. The largest absolute Gasteiger partial charge is 0.349 e. The third-order valence-corrected chi connectivity index (χ3v) is 1.84. The van der Waals surface area contributed by atoms with Crippen LogP contribution in [0.25, 0.3) is 0 Å². The molecule has 0 aliphatic rings. The van der Waals surface area contributed by atoms with Gasteiger partial charge in [0.05, 0.1) is 0 Å². The number of hydrogen-bond acceptors (Lipinski definition) is 2. The van der Waals surface area contributed by atoms with E-state index < -0.39 is 0 Å². The van der Waals surface area contributed by atoms with E-state index in [2.05, 4.69) is 23.8 Å². The Labute approximate surface area is 67.0 Å². The predicted molar refractivity (Wildman–Crippen MR) is 45.1 cm³/mol. The minimum atomic E-state index is 0.209. The van der Waals surface area contributed by atoms with Gasteiger partial charge in [-0.25, -0.2) is 4.98 Å². The van der Waals surface area contributed by atoms with Gasteiger partial charge in [0.2, 0.25) is 0 Å². The second-order valence-electron chi connectivity index (χ2n) is 3.15. The minimum Gasteiger partial charge on any atom is -0.349 e. The summed E-state index contributed by atoms with van der Waals surface area (Å²) in [6.45, 7) is 4.24. The zero-order valence-electron chi connectivity index (χ0n) is 7.04. The molecule has 0 spiro atoms. The molecule has 0 fully saturated rings. The lowest BCUT2D eigenvalue weighted by Crippen LogP contribution is -2.29. The minimum absolute atomic E-state index is 0.209. The molecule has 11 heavy (non-hydrogen) atoms. The molecule has 1 heterocycles. The summed E-state index contributed by atoms with van der Waals surface area (Å²) in [5.41, 5.74) is 5.85. The molecule has 0 saturated heterocycles. The van der Waals surface area contributed by atoms with Crippen molar-refractivity contribution in [3.05, 3.63) is 18.2 Å². The Kier molecular flexibility index (Phi) is 2.65. The summed E-state index contributed by atoms with van der Waals surface area (Å²) in [5.74, 6) is 1.49. The van der Waals surface area contributed by atoms with E-state index in [9.17, 15) is 0 Å². The van der Waals surface area contributed by atoms with E-state index in [1.54, 1.807) is 6.20 Å². The molecule has 1 unspecified atom stereocenters. The molecule has 0 radical (unpaired) electrons. The molecular weight excluding hydrogens is 138 g/mol. The number of imidazole rings is 1. The smallest absolute Gasteiger partial charge is 0.107 e. The predicted octanol–water partition coefficient (Wildman–Crippen LogP) is 0.935. The summed E-state index contributed by atoms with van der Waals surface area (Å²) in [6, 6.07) is 0.209. The first-order chi connectivity index (χ1) is 5.20. The lowest BCUT2D eigenvalue weighted by Gasteiger charge is -2.13. The van der Waals surface area contributed by atoms with Crippen LogP contribution in [0.15, 0.2) is 12.4 Å². The third-order valence-electron chi connectivity index (χ3n) is 1.84. The van der Waals surface area contributed by atoms with Crippen molar-refractivity contribution < 1.29 is 0 Å². The molecule has 1 aromatic rings. The van der Waals surface area contributed by atoms with Gasteiger partial charge in [0.15, 0.2) is 0 Å². The Morgan fingerprint density at radius 1 is 1.64 bits per heavy atom. The highest BCUT2D eigenvalue weighted by Crippen LogP contribution is 2.03. The fourth-order valence-electron chi connectivity index (χ4n) is 0.869. The maximum absolute atomic E-state index is 5.85. The fourth-order valence-corrected chi connectivity index (χ4v) is 0.869. The molecule has 0 aromatic carbocycles. The molecule has 1 atom stereocenters. The molecule has 3 nitrogen and oxygen atoms in total. The van der Waals surface area contributed by atoms with Gasteiger partial charge in [-0.3, -0.25) is 0 Å². The summed E-state index contributed by atoms with van der Waals surface area (Å²) in [4.78, 5) is 7.13. The van der Waals surface area contributed by atoms with Gasteiger partial charge in [0, 0.05) is 24.9 Å². The topological polar surface area (TPSA) is 54.7 Å². The second-order valence-corrected chi connectivity index (χ2v) is 3.15. The lowest BCUT2D eigenvalue weighted by atomic mass is 10.0. The van der Waals surface area contributed by atoms with Crippen LogP contribution in [0.1, 0.15) is 19.7 Å². The molecule has 0 saturated carbocycles. The van der Waals surface area contributed by atoms with Gasteiger partial charge in [-0.2, -0.15) is 0 Å². The molecule has 1 rings (SSSR count). The van der Waals surface area contributed by atoms with Crippen LogP contribution < -0.4 is 5.73 Å². The highest BCUT2D eigenvalue weighted by Gasteiger charge is 2.08. The van der Waals surface area contributed by atoms with Crippen molar-refractivity contribution >= 4 is 0 Å². The maximum Gasteiger partial charge on any atom is 0.107 e. The molecule has 3 heteroatoms. The van der Waals surface area contributed by atoms with Gasteiger partial charge < -0.3 is 10.7 Å². The van der Waals surface area contributed by atoms with Crippen molar-refractivity contribution in [2.75, 3.05) is 0 Å². The van der Waals surface area contributed by atoms with Gasteiger partial charge in [-0.1, -0.05) is 13.8 Å². The monoisotopic (exact) mass is 153 g/mol. The zero-order valence-corrected chi connectivity index (χ0v) is 7.04. The van der Waals surface area contributed by atoms with E-state index in [0.29, 0.717) is 5.92 Å². The van der Waals surface area contributed by atoms with Crippen LogP contribution in [-0.2, 0) is 6.42 Å². The van der Waals surface area contributed by atoms with Crippen LogP contribution in [0.3, 0.4) is 0 Å². The Morgan fingerprint density at radius 3 is 2.82 bits per heavy atom. The Morgan fingerprint density at radius 2 is 2.36 bits per heavy atom. The SMILES string of the molecule is CC(C)C(N)Cc1ncc[nH]1. The number of aromatic nitrogens is 2. The summed E-state index contributed by atoms with van der Waals surface area (Å²) in [5, 5.41) is 0. The molecular formula is C8H15N3. The number of H-pyrrole nitrogens is 1. The van der Waals surface area contributed by atoms with E-state index in [-0.39, 0.29) is 6.04 Å². The molecule has 0 aliphatic heterocycles. The van der Waals surface area contributed by atoms with Crippen LogP contribution in [-0.4, -0.2) is 16.0 Å². The van der Waals surface area contributed by atoms with Crippen LogP contribution in [0.2, 0.25) is 0 Å². The Hall–Kier alpha value is -0.830. The van der Waals surface area contributed by atoms with E-state index in [4.69, 9.17) is 5.73 Å². The van der Waals surface area contributed by atoms with Gasteiger partial charge >= 0.3 is 0 Å². The summed E-state index contributed by atoms with van der Waals surface area (Å²) in [7, 11) is 0. The summed E-state index contributed by atoms with van der Waals surface area (Å²) < 4.78 is 0. The normalized spacial score (nSPS) is 13.8.